The minimum absolute atomic E-state index is 0.811. The van der Waals surface area contributed by atoms with E-state index in [4.69, 9.17) is 4.18 Å². The molecule has 11 heavy (non-hydrogen) atoms. The minimum atomic E-state index is 0.811. The van der Waals surface area contributed by atoms with Gasteiger partial charge in [0.2, 0.25) is 0 Å². The highest BCUT2D eigenvalue weighted by atomic mass is 32.1. The predicted molar refractivity (Wildman–Crippen MR) is 48.4 cm³/mol. The van der Waals surface area contributed by atoms with Gasteiger partial charge in [0.1, 0.15) is 0 Å². The molecule has 0 spiro atoms. The van der Waals surface area contributed by atoms with E-state index in [2.05, 4.69) is 19.8 Å². The third-order valence-electron chi connectivity index (χ3n) is 3.81. The number of hydrogen-bond donors (Lipinski definition) is 1. The Morgan fingerprint density at radius 2 is 2.09 bits per heavy atom. The van der Waals surface area contributed by atoms with Gasteiger partial charge in [-0.05, 0) is 55.8 Å². The topological polar surface area (TPSA) is 9.23 Å². The fourth-order valence-corrected chi connectivity index (χ4v) is 3.24. The van der Waals surface area contributed by atoms with Crippen LogP contribution in [-0.2, 0) is 4.18 Å². The molecule has 0 heterocycles. The Balaban J connectivity index is 2.00. The molecule has 2 rings (SSSR count). The van der Waals surface area contributed by atoms with Crippen LogP contribution in [0.4, 0.5) is 0 Å². The summed E-state index contributed by atoms with van der Waals surface area (Å²) in [4.78, 5) is 0. The molecule has 2 aliphatic carbocycles. The van der Waals surface area contributed by atoms with E-state index in [9.17, 15) is 0 Å². The van der Waals surface area contributed by atoms with E-state index in [1.54, 1.807) is 0 Å². The lowest BCUT2D eigenvalue weighted by Gasteiger charge is -2.26. The van der Waals surface area contributed by atoms with Gasteiger partial charge in [0.25, 0.3) is 0 Å². The van der Waals surface area contributed by atoms with Crippen LogP contribution in [0.15, 0.2) is 0 Å². The van der Waals surface area contributed by atoms with Crippen molar-refractivity contribution < 1.29 is 4.18 Å². The molecule has 0 saturated heterocycles. The maximum atomic E-state index is 4.94. The van der Waals surface area contributed by atoms with Crippen LogP contribution in [0.3, 0.4) is 0 Å². The zero-order valence-electron chi connectivity index (χ0n) is 6.99. The van der Waals surface area contributed by atoms with Crippen molar-refractivity contribution >= 4 is 12.9 Å². The Hall–Kier alpha value is 0.310. The fraction of sp³-hybridized carbons (Fsp3) is 1.00. The summed E-state index contributed by atoms with van der Waals surface area (Å²) in [5.41, 5.74) is 0. The van der Waals surface area contributed by atoms with Crippen molar-refractivity contribution in [2.24, 2.45) is 23.7 Å². The second-order valence-electron chi connectivity index (χ2n) is 4.15. The summed E-state index contributed by atoms with van der Waals surface area (Å²) in [5.74, 6) is 3.67. The van der Waals surface area contributed by atoms with Gasteiger partial charge in [-0.3, -0.25) is 0 Å². The standard InChI is InChI=1S/C9H16OS/c1-6-7-2-3-8(4-7)9(6)5-10-11/h6-9,11H,2-5H2,1H3. The van der Waals surface area contributed by atoms with Gasteiger partial charge in [-0.1, -0.05) is 6.92 Å². The smallest absolute Gasteiger partial charge is 0.0644 e. The van der Waals surface area contributed by atoms with E-state index in [1.807, 2.05) is 0 Å². The molecule has 0 aromatic rings. The molecule has 0 aromatic heterocycles. The highest BCUT2D eigenvalue weighted by Gasteiger charge is 2.44. The second-order valence-corrected chi connectivity index (χ2v) is 4.41. The molecule has 2 heteroatoms. The number of hydrogen-bond acceptors (Lipinski definition) is 2. The van der Waals surface area contributed by atoms with Crippen molar-refractivity contribution in [1.29, 1.82) is 0 Å². The summed E-state index contributed by atoms with van der Waals surface area (Å²) in [6.07, 6.45) is 4.37. The molecule has 4 atom stereocenters. The van der Waals surface area contributed by atoms with E-state index in [-0.39, 0.29) is 0 Å². The monoisotopic (exact) mass is 172 g/mol. The van der Waals surface area contributed by atoms with Crippen LogP contribution in [0.25, 0.3) is 0 Å². The number of thiol groups is 1. The van der Waals surface area contributed by atoms with Crippen molar-refractivity contribution in [3.63, 3.8) is 0 Å². The first kappa shape index (κ1) is 7.93. The first-order valence-electron chi connectivity index (χ1n) is 4.59. The summed E-state index contributed by atoms with van der Waals surface area (Å²) in [6.45, 7) is 3.24. The van der Waals surface area contributed by atoms with Crippen molar-refractivity contribution in [1.82, 2.24) is 0 Å². The summed E-state index contributed by atoms with van der Waals surface area (Å²) >= 11 is 3.83. The first-order chi connectivity index (χ1) is 5.33. The highest BCUT2D eigenvalue weighted by molar-refractivity contribution is 7.75. The van der Waals surface area contributed by atoms with Gasteiger partial charge >= 0.3 is 0 Å². The Morgan fingerprint density at radius 1 is 1.36 bits per heavy atom. The molecule has 2 bridgehead atoms. The highest BCUT2D eigenvalue weighted by Crippen LogP contribution is 2.52. The number of fused-ring (bicyclic) bond motifs is 2. The lowest BCUT2D eigenvalue weighted by molar-refractivity contribution is 0.166. The minimum Gasteiger partial charge on any atom is -0.318 e. The van der Waals surface area contributed by atoms with Crippen LogP contribution >= 0.6 is 12.9 Å². The van der Waals surface area contributed by atoms with Crippen molar-refractivity contribution in [2.45, 2.75) is 26.2 Å². The molecule has 0 aliphatic heterocycles. The van der Waals surface area contributed by atoms with Gasteiger partial charge in [0.15, 0.2) is 0 Å². The van der Waals surface area contributed by atoms with Crippen LogP contribution in [0.2, 0.25) is 0 Å². The van der Waals surface area contributed by atoms with E-state index >= 15 is 0 Å². The molecule has 0 radical (unpaired) electrons. The lowest BCUT2D eigenvalue weighted by Crippen LogP contribution is -2.23. The molecule has 1 nitrogen and oxygen atoms in total. The van der Waals surface area contributed by atoms with Gasteiger partial charge in [0.05, 0.1) is 6.61 Å². The SMILES string of the molecule is CC1C2CCC(C2)C1COS. The van der Waals surface area contributed by atoms with Gasteiger partial charge in [-0.25, -0.2) is 0 Å². The quantitative estimate of drug-likeness (QED) is 0.497. The van der Waals surface area contributed by atoms with Crippen LogP contribution in [0, 0.1) is 23.7 Å². The van der Waals surface area contributed by atoms with Gasteiger partial charge in [0, 0.05) is 0 Å². The summed E-state index contributed by atoms with van der Waals surface area (Å²) in [7, 11) is 0. The largest absolute Gasteiger partial charge is 0.318 e. The van der Waals surface area contributed by atoms with Crippen LogP contribution in [0.5, 0.6) is 0 Å². The van der Waals surface area contributed by atoms with Crippen LogP contribution < -0.4 is 0 Å². The Kier molecular flexibility index (Phi) is 2.15. The molecule has 0 aromatic carbocycles. The third kappa shape index (κ3) is 1.20. The van der Waals surface area contributed by atoms with E-state index in [0.717, 1.165) is 30.3 Å². The van der Waals surface area contributed by atoms with Crippen molar-refractivity contribution in [3.8, 4) is 0 Å². The molecule has 2 fully saturated rings. The fourth-order valence-electron chi connectivity index (χ4n) is 3.07. The Labute approximate surface area is 74.1 Å². The van der Waals surface area contributed by atoms with E-state index in [0.29, 0.717) is 0 Å². The molecule has 4 unspecified atom stereocenters. The zero-order valence-corrected chi connectivity index (χ0v) is 7.89. The van der Waals surface area contributed by atoms with Crippen molar-refractivity contribution in [3.05, 3.63) is 0 Å². The molecular weight excluding hydrogens is 156 g/mol. The zero-order chi connectivity index (χ0) is 7.84. The normalized spacial score (nSPS) is 48.5. The second kappa shape index (κ2) is 2.98. The van der Waals surface area contributed by atoms with Gasteiger partial charge in [-0.15, -0.1) is 0 Å². The molecule has 2 saturated carbocycles. The van der Waals surface area contributed by atoms with Crippen LogP contribution in [0.1, 0.15) is 26.2 Å². The van der Waals surface area contributed by atoms with Crippen molar-refractivity contribution in [2.75, 3.05) is 6.61 Å². The molecule has 2 aliphatic rings. The maximum Gasteiger partial charge on any atom is 0.0644 e. The van der Waals surface area contributed by atoms with E-state index < -0.39 is 0 Å². The molecule has 64 valence electrons. The number of rotatable bonds is 2. The van der Waals surface area contributed by atoms with Gasteiger partial charge < -0.3 is 4.18 Å². The summed E-state index contributed by atoms with van der Waals surface area (Å²) in [5, 5.41) is 0. The molecule has 0 N–H and O–H groups in total. The Morgan fingerprint density at radius 3 is 2.64 bits per heavy atom. The lowest BCUT2D eigenvalue weighted by atomic mass is 9.81. The summed E-state index contributed by atoms with van der Waals surface area (Å²) < 4.78 is 4.94. The average Bonchev–Trinajstić information content (AvgIpc) is 2.54. The van der Waals surface area contributed by atoms with Crippen LogP contribution in [-0.4, -0.2) is 6.61 Å². The maximum absolute atomic E-state index is 4.94. The average molecular weight is 172 g/mol. The predicted octanol–water partition coefficient (Wildman–Crippen LogP) is 2.53. The third-order valence-corrected chi connectivity index (χ3v) is 3.95. The summed E-state index contributed by atoms with van der Waals surface area (Å²) in [6, 6.07) is 0. The first-order valence-corrected chi connectivity index (χ1v) is 4.95. The molecular formula is C9H16OS. The molecule has 0 amide bonds. The van der Waals surface area contributed by atoms with E-state index in [1.165, 1.54) is 19.3 Å². The van der Waals surface area contributed by atoms with Gasteiger partial charge in [-0.2, -0.15) is 0 Å². The Bertz CT molecular complexity index is 146.